The predicted octanol–water partition coefficient (Wildman–Crippen LogP) is 2.28. The molecule has 0 aromatic heterocycles. The minimum absolute atomic E-state index is 0.0204. The fourth-order valence-electron chi connectivity index (χ4n) is 2.34. The highest BCUT2D eigenvalue weighted by Crippen LogP contribution is 2.18. The van der Waals surface area contributed by atoms with E-state index in [-0.39, 0.29) is 11.5 Å². The van der Waals surface area contributed by atoms with E-state index < -0.39 is 0 Å². The minimum atomic E-state index is 0.0204. The third kappa shape index (κ3) is 4.77. The van der Waals surface area contributed by atoms with Crippen LogP contribution >= 0.6 is 11.6 Å². The van der Waals surface area contributed by atoms with E-state index in [0.717, 1.165) is 44.9 Å². The maximum Gasteiger partial charge on any atom is 0.0826 e. The van der Waals surface area contributed by atoms with Gasteiger partial charge in [-0.3, -0.25) is 4.90 Å². The van der Waals surface area contributed by atoms with Crippen LogP contribution in [-0.2, 0) is 4.74 Å². The molecule has 1 aliphatic rings. The molecule has 1 aliphatic heterocycles. The molecule has 1 aromatic carbocycles. The average molecular weight is 283 g/mol. The van der Waals surface area contributed by atoms with E-state index in [2.05, 4.69) is 29.3 Å². The molecule has 0 radical (unpaired) electrons. The molecule has 0 saturated carbocycles. The van der Waals surface area contributed by atoms with Crippen molar-refractivity contribution in [2.75, 3.05) is 39.3 Å². The SMILES string of the molecule is CCN1CCOC(CNCC(Cl)c2ccccc2)C1. The first-order valence-corrected chi connectivity index (χ1v) is 7.47. The van der Waals surface area contributed by atoms with E-state index in [4.69, 9.17) is 16.3 Å². The van der Waals surface area contributed by atoms with Gasteiger partial charge < -0.3 is 10.1 Å². The van der Waals surface area contributed by atoms with Crippen LogP contribution < -0.4 is 5.32 Å². The molecule has 1 fully saturated rings. The summed E-state index contributed by atoms with van der Waals surface area (Å²) in [5.74, 6) is 0. The number of hydrogen-bond donors (Lipinski definition) is 1. The Labute approximate surface area is 120 Å². The van der Waals surface area contributed by atoms with Gasteiger partial charge in [0.05, 0.1) is 18.1 Å². The summed E-state index contributed by atoms with van der Waals surface area (Å²) in [5, 5.41) is 3.43. The van der Waals surface area contributed by atoms with Gasteiger partial charge in [0, 0.05) is 26.2 Å². The van der Waals surface area contributed by atoms with Crippen LogP contribution in [0.25, 0.3) is 0 Å². The van der Waals surface area contributed by atoms with Gasteiger partial charge in [-0.2, -0.15) is 0 Å². The Kier molecular flexibility index (Phi) is 6.11. The third-order valence-corrected chi connectivity index (χ3v) is 3.93. The van der Waals surface area contributed by atoms with Crippen molar-refractivity contribution in [3.8, 4) is 0 Å². The lowest BCUT2D eigenvalue weighted by atomic mass is 10.1. The Hall–Kier alpha value is -0.610. The van der Waals surface area contributed by atoms with Crippen LogP contribution in [0.4, 0.5) is 0 Å². The maximum absolute atomic E-state index is 6.37. The molecule has 4 heteroatoms. The molecule has 2 atom stereocenters. The average Bonchev–Trinajstić information content (AvgIpc) is 2.48. The van der Waals surface area contributed by atoms with Crippen LogP contribution in [0.5, 0.6) is 0 Å². The van der Waals surface area contributed by atoms with Crippen molar-refractivity contribution in [2.45, 2.75) is 18.4 Å². The molecule has 0 aliphatic carbocycles. The summed E-state index contributed by atoms with van der Waals surface area (Å²) in [6.07, 6.45) is 0.286. The lowest BCUT2D eigenvalue weighted by molar-refractivity contribution is -0.0251. The number of likely N-dealkylation sites (N-methyl/N-ethyl adjacent to an activating group) is 1. The van der Waals surface area contributed by atoms with E-state index in [1.54, 1.807) is 0 Å². The summed E-state index contributed by atoms with van der Waals surface area (Å²) in [6, 6.07) is 10.2. The standard InChI is InChI=1S/C15H23ClN2O/c1-2-18-8-9-19-14(12-18)10-17-11-15(16)13-6-4-3-5-7-13/h3-7,14-15,17H,2,8-12H2,1H3. The van der Waals surface area contributed by atoms with Crippen molar-refractivity contribution in [2.24, 2.45) is 0 Å². The monoisotopic (exact) mass is 282 g/mol. The van der Waals surface area contributed by atoms with Gasteiger partial charge >= 0.3 is 0 Å². The molecule has 3 nitrogen and oxygen atoms in total. The number of hydrogen-bond acceptors (Lipinski definition) is 3. The number of benzene rings is 1. The number of rotatable bonds is 6. The van der Waals surface area contributed by atoms with Crippen molar-refractivity contribution < 1.29 is 4.74 Å². The molecule has 19 heavy (non-hydrogen) atoms. The van der Waals surface area contributed by atoms with Gasteiger partial charge in [-0.25, -0.2) is 0 Å². The molecule has 0 amide bonds. The van der Waals surface area contributed by atoms with Crippen LogP contribution in [0.2, 0.25) is 0 Å². The summed E-state index contributed by atoms with van der Waals surface area (Å²) < 4.78 is 5.75. The van der Waals surface area contributed by atoms with Gasteiger partial charge in [0.2, 0.25) is 0 Å². The molecule has 2 rings (SSSR count). The van der Waals surface area contributed by atoms with Gasteiger partial charge in [-0.1, -0.05) is 37.3 Å². The van der Waals surface area contributed by atoms with Gasteiger partial charge in [0.1, 0.15) is 0 Å². The number of nitrogens with zero attached hydrogens (tertiary/aromatic N) is 1. The van der Waals surface area contributed by atoms with Gasteiger partial charge in [0.25, 0.3) is 0 Å². The maximum atomic E-state index is 6.37. The topological polar surface area (TPSA) is 24.5 Å². The fraction of sp³-hybridized carbons (Fsp3) is 0.600. The lowest BCUT2D eigenvalue weighted by Crippen LogP contribution is -2.46. The molecule has 1 saturated heterocycles. The number of alkyl halides is 1. The normalized spacial score (nSPS) is 22.3. The Morgan fingerprint density at radius 3 is 2.95 bits per heavy atom. The third-order valence-electron chi connectivity index (χ3n) is 3.53. The highest BCUT2D eigenvalue weighted by Gasteiger charge is 2.19. The summed E-state index contributed by atoms with van der Waals surface area (Å²) in [5.41, 5.74) is 1.16. The van der Waals surface area contributed by atoms with Gasteiger partial charge in [0.15, 0.2) is 0 Å². The second-order valence-corrected chi connectivity index (χ2v) is 5.45. The van der Waals surface area contributed by atoms with Crippen molar-refractivity contribution in [1.29, 1.82) is 0 Å². The van der Waals surface area contributed by atoms with Crippen molar-refractivity contribution in [3.05, 3.63) is 35.9 Å². The molecule has 106 valence electrons. The predicted molar refractivity (Wildman–Crippen MR) is 79.8 cm³/mol. The van der Waals surface area contributed by atoms with Crippen LogP contribution in [0.3, 0.4) is 0 Å². The molecule has 0 bridgehead atoms. The zero-order valence-electron chi connectivity index (χ0n) is 11.5. The molecule has 1 heterocycles. The summed E-state index contributed by atoms with van der Waals surface area (Å²) in [6.45, 7) is 7.84. The first-order chi connectivity index (χ1) is 9.29. The van der Waals surface area contributed by atoms with Crippen LogP contribution in [0.15, 0.2) is 30.3 Å². The number of morpholine rings is 1. The summed E-state index contributed by atoms with van der Waals surface area (Å²) in [4.78, 5) is 2.42. The van der Waals surface area contributed by atoms with E-state index in [9.17, 15) is 0 Å². The molecular weight excluding hydrogens is 260 g/mol. The number of nitrogens with one attached hydrogen (secondary N) is 1. The molecule has 1 N–H and O–H groups in total. The summed E-state index contributed by atoms with van der Waals surface area (Å²) >= 11 is 6.37. The van der Waals surface area contributed by atoms with Crippen LogP contribution in [0.1, 0.15) is 17.9 Å². The Morgan fingerprint density at radius 1 is 1.42 bits per heavy atom. The highest BCUT2D eigenvalue weighted by molar-refractivity contribution is 6.21. The zero-order valence-corrected chi connectivity index (χ0v) is 12.3. The second-order valence-electron chi connectivity index (χ2n) is 4.92. The first-order valence-electron chi connectivity index (χ1n) is 7.03. The number of halogens is 1. The molecule has 1 aromatic rings. The highest BCUT2D eigenvalue weighted by atomic mass is 35.5. The van der Waals surface area contributed by atoms with Crippen LogP contribution in [-0.4, -0.2) is 50.3 Å². The van der Waals surface area contributed by atoms with E-state index in [0.29, 0.717) is 0 Å². The van der Waals surface area contributed by atoms with Crippen molar-refractivity contribution >= 4 is 11.6 Å². The molecule has 2 unspecified atom stereocenters. The lowest BCUT2D eigenvalue weighted by Gasteiger charge is -2.32. The quantitative estimate of drug-likeness (QED) is 0.810. The summed E-state index contributed by atoms with van der Waals surface area (Å²) in [7, 11) is 0. The minimum Gasteiger partial charge on any atom is -0.374 e. The van der Waals surface area contributed by atoms with Gasteiger partial charge in [-0.15, -0.1) is 11.6 Å². The van der Waals surface area contributed by atoms with Crippen molar-refractivity contribution in [1.82, 2.24) is 10.2 Å². The number of ether oxygens (including phenoxy) is 1. The largest absolute Gasteiger partial charge is 0.374 e. The first kappa shape index (κ1) is 14.8. The van der Waals surface area contributed by atoms with Gasteiger partial charge in [-0.05, 0) is 12.1 Å². The smallest absolute Gasteiger partial charge is 0.0826 e. The van der Waals surface area contributed by atoms with Crippen LogP contribution in [0, 0.1) is 0 Å². The zero-order chi connectivity index (χ0) is 13.5. The Morgan fingerprint density at radius 2 is 2.21 bits per heavy atom. The Balaban J connectivity index is 1.69. The molecular formula is C15H23ClN2O. The fourth-order valence-corrected chi connectivity index (χ4v) is 2.60. The van der Waals surface area contributed by atoms with E-state index in [1.807, 2.05) is 18.2 Å². The van der Waals surface area contributed by atoms with E-state index >= 15 is 0 Å². The molecule has 0 spiro atoms. The van der Waals surface area contributed by atoms with E-state index in [1.165, 1.54) is 0 Å². The van der Waals surface area contributed by atoms with Crippen molar-refractivity contribution in [3.63, 3.8) is 0 Å². The second kappa shape index (κ2) is 7.85. The Bertz CT molecular complexity index is 360.